The molecule has 64 heavy (non-hydrogen) atoms. The number of primary amides is 1. The Labute approximate surface area is 378 Å². The Hall–Kier alpha value is -5.07. The van der Waals surface area contributed by atoms with Crippen molar-refractivity contribution in [1.29, 1.82) is 0 Å². The molecule has 10 atom stereocenters. The number of nitrogens with one attached hydrogen (secondary N) is 6. The van der Waals surface area contributed by atoms with Crippen LogP contribution in [0.5, 0.6) is 0 Å². The summed E-state index contributed by atoms with van der Waals surface area (Å²) in [6.45, 7) is 11.7. The molecule has 0 heterocycles. The highest BCUT2D eigenvalue weighted by Gasteiger charge is 2.36. The van der Waals surface area contributed by atoms with Crippen molar-refractivity contribution >= 4 is 71.1 Å². The van der Waals surface area contributed by atoms with E-state index in [-0.39, 0.29) is 37.6 Å². The number of nitrogens with two attached hydrogens (primary N) is 3. The first-order valence-electron chi connectivity index (χ1n) is 21.1. The lowest BCUT2D eigenvalue weighted by Gasteiger charge is -2.30. The summed E-state index contributed by atoms with van der Waals surface area (Å²) in [5.41, 5.74) is 17.6. The zero-order valence-corrected chi connectivity index (χ0v) is 38.8. The number of ether oxygens (including phenoxy) is 1. The van der Waals surface area contributed by atoms with E-state index in [0.29, 0.717) is 18.6 Å². The van der Waals surface area contributed by atoms with Gasteiger partial charge in [0.2, 0.25) is 35.4 Å². The van der Waals surface area contributed by atoms with Crippen molar-refractivity contribution in [2.24, 2.45) is 35.0 Å². The van der Waals surface area contributed by atoms with E-state index in [2.05, 4.69) is 31.9 Å². The summed E-state index contributed by atoms with van der Waals surface area (Å²) < 4.78 is 5.76. The molecule has 0 saturated heterocycles. The second-order valence-electron chi connectivity index (χ2n) is 16.6. The van der Waals surface area contributed by atoms with Crippen LogP contribution < -0.4 is 49.1 Å². The first-order valence-corrected chi connectivity index (χ1v) is 22.5. The van der Waals surface area contributed by atoms with Gasteiger partial charge < -0.3 is 69.2 Å². The number of carbonyl (C=O) groups excluding carboxylic acids is 7. The molecule has 6 amide bonds. The molecule has 0 aliphatic heterocycles. The van der Waals surface area contributed by atoms with Crippen LogP contribution in [0, 0.1) is 17.8 Å². The van der Waals surface area contributed by atoms with Crippen LogP contribution in [-0.4, -0.2) is 148 Å². The fourth-order valence-corrected chi connectivity index (χ4v) is 6.55. The molecular weight excluding hydrogens is 863 g/mol. The molecule has 23 nitrogen and oxygen atoms in total. The van der Waals surface area contributed by atoms with Gasteiger partial charge in [0.15, 0.2) is 0 Å². The van der Waals surface area contributed by atoms with Crippen molar-refractivity contribution in [2.45, 2.75) is 154 Å². The molecule has 24 heteroatoms. The fraction of sp³-hybridized carbons (Fsp3) is 0.750. The molecule has 0 fully saturated rings. The topological polar surface area (TPSA) is 391 Å². The lowest BCUT2D eigenvalue weighted by Crippen LogP contribution is -2.58. The summed E-state index contributed by atoms with van der Waals surface area (Å²) in [4.78, 5) is 126. The van der Waals surface area contributed by atoms with Crippen LogP contribution in [0.15, 0.2) is 0 Å². The standard InChI is InChI=1S/C40H71N9O14S/c1-9-21(6)33(49-36(58)23(41)10-11-30(50)51)39(61)48-28(17-32(54)55)40(62)63-29(24(42)14-19(2)3)18-44-25(12-13-64-8)37(59)45-22(7)35(57)47-27(15-20(4)5)38(60)46-26(34(43)56)16-31(52)53/h19-29,33,44H,9-18,41-42H2,1-8H3,(H2,43,56)(H,45,59)(H,46,60)(H,47,57)(H,48,61)(H,49,58)(H,50,51)(H,52,53)(H,54,55)/t21-,22-,23-,24-,25-,26-,27-,28-,29-,33-/m0/s1. The van der Waals surface area contributed by atoms with Crippen molar-refractivity contribution in [1.82, 2.24) is 31.9 Å². The summed E-state index contributed by atoms with van der Waals surface area (Å²) in [6, 6.07) is -10.2. The molecule has 0 aromatic heterocycles. The monoisotopic (exact) mass is 933 g/mol. The van der Waals surface area contributed by atoms with Crippen molar-refractivity contribution in [3.8, 4) is 0 Å². The predicted molar refractivity (Wildman–Crippen MR) is 235 cm³/mol. The summed E-state index contributed by atoms with van der Waals surface area (Å²) in [6.07, 6.45) is -0.759. The van der Waals surface area contributed by atoms with Gasteiger partial charge >= 0.3 is 23.9 Å². The number of rotatable bonds is 33. The minimum Gasteiger partial charge on any atom is -0.481 e. The van der Waals surface area contributed by atoms with Crippen LogP contribution in [0.3, 0.4) is 0 Å². The van der Waals surface area contributed by atoms with E-state index < -0.39 is 139 Å². The number of hydrogen-bond donors (Lipinski definition) is 12. The van der Waals surface area contributed by atoms with Crippen LogP contribution in [0.1, 0.15) is 99.8 Å². The molecule has 366 valence electrons. The van der Waals surface area contributed by atoms with Gasteiger partial charge in [0, 0.05) is 19.0 Å². The highest BCUT2D eigenvalue weighted by Crippen LogP contribution is 2.14. The molecule has 0 aliphatic rings. The summed E-state index contributed by atoms with van der Waals surface area (Å²) >= 11 is 1.41. The maximum atomic E-state index is 13.7. The first-order chi connectivity index (χ1) is 29.7. The number of carboxylic acid groups (broad SMARTS) is 3. The van der Waals surface area contributed by atoms with Crippen LogP contribution in [0.2, 0.25) is 0 Å². The van der Waals surface area contributed by atoms with Crippen LogP contribution in [0.4, 0.5) is 0 Å². The van der Waals surface area contributed by atoms with Crippen molar-refractivity contribution in [3.63, 3.8) is 0 Å². The third-order valence-corrected chi connectivity index (χ3v) is 10.5. The van der Waals surface area contributed by atoms with Gasteiger partial charge in [-0.05, 0) is 62.4 Å². The van der Waals surface area contributed by atoms with Gasteiger partial charge in [-0.25, -0.2) is 4.79 Å². The number of amides is 6. The van der Waals surface area contributed by atoms with Crippen LogP contribution in [-0.2, 0) is 52.7 Å². The minimum absolute atomic E-state index is 0.0112. The third kappa shape index (κ3) is 23.6. The largest absolute Gasteiger partial charge is 0.481 e. The zero-order valence-electron chi connectivity index (χ0n) is 38.0. The summed E-state index contributed by atoms with van der Waals surface area (Å²) in [5, 5.41) is 43.0. The lowest BCUT2D eigenvalue weighted by molar-refractivity contribution is -0.157. The number of carbonyl (C=O) groups is 10. The van der Waals surface area contributed by atoms with E-state index in [1.807, 2.05) is 13.8 Å². The SMILES string of the molecule is CC[C@H](C)[C@H](NC(=O)[C@@H](N)CCC(=O)O)C(=O)N[C@@H](CC(=O)O)C(=O)O[C@@H](CN[C@@H](CCSC)C(=O)N[C@@H](C)C(=O)N[C@@H](CC(C)C)C(=O)N[C@@H](CC(=O)O)C(N)=O)[C@@H](N)CC(C)C. The van der Waals surface area contributed by atoms with Gasteiger partial charge in [-0.1, -0.05) is 48.0 Å². The Kier molecular flexibility index (Phi) is 27.7. The summed E-state index contributed by atoms with van der Waals surface area (Å²) in [7, 11) is 0. The number of carboxylic acids is 3. The van der Waals surface area contributed by atoms with E-state index in [1.54, 1.807) is 34.0 Å². The Bertz CT molecular complexity index is 1600. The number of aliphatic carboxylic acids is 3. The highest BCUT2D eigenvalue weighted by molar-refractivity contribution is 7.98. The quantitative estimate of drug-likeness (QED) is 0.0321. The Morgan fingerprint density at radius 2 is 1.16 bits per heavy atom. The second kappa shape index (κ2) is 30.1. The Morgan fingerprint density at radius 3 is 1.66 bits per heavy atom. The van der Waals surface area contributed by atoms with Crippen molar-refractivity contribution in [2.75, 3.05) is 18.6 Å². The van der Waals surface area contributed by atoms with Crippen LogP contribution >= 0.6 is 11.8 Å². The molecule has 15 N–H and O–H groups in total. The van der Waals surface area contributed by atoms with Gasteiger partial charge in [0.1, 0.15) is 36.3 Å². The second-order valence-corrected chi connectivity index (χ2v) is 17.5. The van der Waals surface area contributed by atoms with E-state index >= 15 is 0 Å². The third-order valence-electron chi connectivity index (χ3n) is 9.89. The average Bonchev–Trinajstić information content (AvgIpc) is 3.18. The summed E-state index contributed by atoms with van der Waals surface area (Å²) in [5.74, 6) is -10.6. The number of esters is 1. The lowest BCUT2D eigenvalue weighted by atomic mass is 9.97. The molecule has 0 rings (SSSR count). The fourth-order valence-electron chi connectivity index (χ4n) is 6.08. The molecule has 0 saturated carbocycles. The smallest absolute Gasteiger partial charge is 0.329 e. The minimum atomic E-state index is -1.77. The highest BCUT2D eigenvalue weighted by atomic mass is 32.2. The predicted octanol–water partition coefficient (Wildman–Crippen LogP) is -1.85. The molecule has 0 unspecified atom stereocenters. The Morgan fingerprint density at radius 1 is 0.625 bits per heavy atom. The molecule has 0 bridgehead atoms. The molecule has 0 aromatic rings. The van der Waals surface area contributed by atoms with Gasteiger partial charge in [0.25, 0.3) is 0 Å². The van der Waals surface area contributed by atoms with Crippen LogP contribution in [0.25, 0.3) is 0 Å². The maximum absolute atomic E-state index is 13.7. The van der Waals surface area contributed by atoms with E-state index in [0.717, 1.165) is 0 Å². The average molecular weight is 934 g/mol. The zero-order chi connectivity index (χ0) is 49.4. The maximum Gasteiger partial charge on any atom is 0.329 e. The normalized spacial score (nSPS) is 16.0. The van der Waals surface area contributed by atoms with E-state index in [4.69, 9.17) is 32.2 Å². The molecular formula is C40H71N9O14S. The first kappa shape index (κ1) is 58.9. The van der Waals surface area contributed by atoms with E-state index in [9.17, 15) is 53.1 Å². The molecule has 0 aromatic carbocycles. The van der Waals surface area contributed by atoms with Gasteiger partial charge in [-0.2, -0.15) is 11.8 Å². The van der Waals surface area contributed by atoms with Gasteiger partial charge in [0.05, 0.1) is 24.9 Å². The van der Waals surface area contributed by atoms with Crippen molar-refractivity contribution < 1.29 is 68.0 Å². The number of thioether (sulfide) groups is 1. The molecule has 0 radical (unpaired) electrons. The Balaban J connectivity index is 6.30. The number of hydrogen-bond acceptors (Lipinski definition) is 15. The molecule has 0 spiro atoms. The van der Waals surface area contributed by atoms with Crippen molar-refractivity contribution in [3.05, 3.63) is 0 Å². The van der Waals surface area contributed by atoms with Gasteiger partial charge in [-0.3, -0.25) is 43.2 Å². The molecule has 0 aliphatic carbocycles. The van der Waals surface area contributed by atoms with Gasteiger partial charge in [-0.15, -0.1) is 0 Å². The van der Waals surface area contributed by atoms with E-state index in [1.165, 1.54) is 18.7 Å².